The first kappa shape index (κ1) is 14.3. The molecule has 0 radical (unpaired) electrons. The van der Waals surface area contributed by atoms with Gasteiger partial charge in [0.2, 0.25) is 0 Å². The molecule has 0 atom stereocenters. The van der Waals surface area contributed by atoms with Crippen molar-refractivity contribution in [3.63, 3.8) is 0 Å². The second-order valence-corrected chi connectivity index (χ2v) is 5.54. The number of fused-ring (bicyclic) bond motifs is 1. The molecule has 3 aromatic rings. The van der Waals surface area contributed by atoms with E-state index in [4.69, 9.17) is 0 Å². The lowest BCUT2D eigenvalue weighted by molar-refractivity contribution is 0.0988. The molecule has 0 saturated carbocycles. The number of hydrogen-bond donors (Lipinski definition) is 0. The highest BCUT2D eigenvalue weighted by Gasteiger charge is 2.16. The van der Waals surface area contributed by atoms with Crippen LogP contribution in [0, 0.1) is 13.8 Å². The van der Waals surface area contributed by atoms with Crippen molar-refractivity contribution in [2.24, 2.45) is 0 Å². The molecular formula is C19H18N2O. The van der Waals surface area contributed by atoms with Crippen LogP contribution in [-0.4, -0.2) is 17.9 Å². The number of anilines is 1. The third-order valence-corrected chi connectivity index (χ3v) is 3.85. The van der Waals surface area contributed by atoms with Gasteiger partial charge in [-0.3, -0.25) is 4.79 Å². The largest absolute Gasteiger partial charge is 0.310 e. The monoisotopic (exact) mass is 290 g/mol. The van der Waals surface area contributed by atoms with Crippen LogP contribution in [0.4, 0.5) is 5.69 Å². The standard InChI is InChI=1S/C19H18N2O/c1-13-8-9-14(2)18(12-13)21(3)19(22)17-11-10-15-6-4-5-7-16(15)20-17/h4-12H,1-3H3. The van der Waals surface area contributed by atoms with E-state index in [1.165, 1.54) is 0 Å². The number of para-hydroxylation sites is 1. The summed E-state index contributed by atoms with van der Waals surface area (Å²) in [5.41, 5.74) is 4.42. The second-order valence-electron chi connectivity index (χ2n) is 5.54. The molecule has 1 amide bonds. The van der Waals surface area contributed by atoms with E-state index < -0.39 is 0 Å². The van der Waals surface area contributed by atoms with Gasteiger partial charge in [0.15, 0.2) is 0 Å². The van der Waals surface area contributed by atoms with E-state index in [1.807, 2.05) is 62.4 Å². The minimum absolute atomic E-state index is 0.0977. The summed E-state index contributed by atoms with van der Waals surface area (Å²) < 4.78 is 0. The Bertz CT molecular complexity index is 855. The SMILES string of the molecule is Cc1ccc(C)c(N(C)C(=O)c2ccc3ccccc3n2)c1. The Labute approximate surface area is 130 Å². The molecule has 0 fully saturated rings. The summed E-state index contributed by atoms with van der Waals surface area (Å²) in [6, 6.07) is 17.6. The lowest BCUT2D eigenvalue weighted by Crippen LogP contribution is -2.27. The van der Waals surface area contributed by atoms with Gasteiger partial charge in [-0.15, -0.1) is 0 Å². The molecule has 0 spiro atoms. The van der Waals surface area contributed by atoms with Gasteiger partial charge in [0, 0.05) is 18.1 Å². The van der Waals surface area contributed by atoms with Crippen LogP contribution >= 0.6 is 0 Å². The van der Waals surface area contributed by atoms with Crippen LogP contribution < -0.4 is 4.90 Å². The Balaban J connectivity index is 1.99. The number of carbonyl (C=O) groups excluding carboxylic acids is 1. The Hall–Kier alpha value is -2.68. The average molecular weight is 290 g/mol. The molecule has 2 aromatic carbocycles. The molecule has 0 aliphatic heterocycles. The van der Waals surface area contributed by atoms with Crippen LogP contribution in [-0.2, 0) is 0 Å². The lowest BCUT2D eigenvalue weighted by atomic mass is 10.1. The number of hydrogen-bond acceptors (Lipinski definition) is 2. The molecule has 22 heavy (non-hydrogen) atoms. The summed E-state index contributed by atoms with van der Waals surface area (Å²) in [5, 5.41) is 1.04. The summed E-state index contributed by atoms with van der Waals surface area (Å²) in [7, 11) is 1.79. The normalized spacial score (nSPS) is 10.7. The van der Waals surface area contributed by atoms with Crippen molar-refractivity contribution in [1.82, 2.24) is 4.98 Å². The predicted octanol–water partition coefficient (Wildman–Crippen LogP) is 4.13. The van der Waals surface area contributed by atoms with Crippen LogP contribution in [0.25, 0.3) is 10.9 Å². The zero-order chi connectivity index (χ0) is 15.7. The number of aromatic nitrogens is 1. The van der Waals surface area contributed by atoms with Crippen molar-refractivity contribution in [2.45, 2.75) is 13.8 Å². The van der Waals surface area contributed by atoms with Crippen molar-refractivity contribution in [1.29, 1.82) is 0 Å². The Morgan fingerprint density at radius 3 is 2.59 bits per heavy atom. The van der Waals surface area contributed by atoms with Gasteiger partial charge >= 0.3 is 0 Å². The number of carbonyl (C=O) groups is 1. The molecule has 3 rings (SSSR count). The van der Waals surface area contributed by atoms with Crippen LogP contribution in [0.3, 0.4) is 0 Å². The summed E-state index contributed by atoms with van der Waals surface area (Å²) >= 11 is 0. The fourth-order valence-electron chi connectivity index (χ4n) is 2.55. The van der Waals surface area contributed by atoms with Gasteiger partial charge in [-0.2, -0.15) is 0 Å². The molecule has 1 aromatic heterocycles. The van der Waals surface area contributed by atoms with Crippen molar-refractivity contribution >= 4 is 22.5 Å². The van der Waals surface area contributed by atoms with E-state index >= 15 is 0 Å². The second kappa shape index (κ2) is 5.60. The highest BCUT2D eigenvalue weighted by atomic mass is 16.2. The zero-order valence-electron chi connectivity index (χ0n) is 13.0. The molecule has 110 valence electrons. The van der Waals surface area contributed by atoms with E-state index in [2.05, 4.69) is 4.98 Å². The maximum absolute atomic E-state index is 12.7. The number of benzene rings is 2. The third kappa shape index (κ3) is 2.58. The van der Waals surface area contributed by atoms with Crippen molar-refractivity contribution < 1.29 is 4.79 Å². The van der Waals surface area contributed by atoms with E-state index in [0.29, 0.717) is 5.69 Å². The summed E-state index contributed by atoms with van der Waals surface area (Å²) in [6.07, 6.45) is 0. The minimum atomic E-state index is -0.0977. The minimum Gasteiger partial charge on any atom is -0.310 e. The van der Waals surface area contributed by atoms with Crippen LogP contribution in [0.1, 0.15) is 21.6 Å². The van der Waals surface area contributed by atoms with Gasteiger partial charge in [0.05, 0.1) is 5.52 Å². The lowest BCUT2D eigenvalue weighted by Gasteiger charge is -2.20. The van der Waals surface area contributed by atoms with E-state index in [-0.39, 0.29) is 5.91 Å². The van der Waals surface area contributed by atoms with Crippen LogP contribution in [0.5, 0.6) is 0 Å². The summed E-state index contributed by atoms with van der Waals surface area (Å²) in [4.78, 5) is 18.9. The number of rotatable bonds is 2. The molecule has 0 unspecified atom stereocenters. The quantitative estimate of drug-likeness (QED) is 0.711. The number of pyridine rings is 1. The number of nitrogens with zero attached hydrogens (tertiary/aromatic N) is 2. The molecule has 0 aliphatic rings. The third-order valence-electron chi connectivity index (χ3n) is 3.85. The average Bonchev–Trinajstić information content (AvgIpc) is 2.55. The van der Waals surface area contributed by atoms with Gasteiger partial charge < -0.3 is 4.90 Å². The van der Waals surface area contributed by atoms with Gasteiger partial charge in [-0.05, 0) is 43.2 Å². The topological polar surface area (TPSA) is 33.2 Å². The van der Waals surface area contributed by atoms with Crippen LogP contribution in [0.2, 0.25) is 0 Å². The predicted molar refractivity (Wildman–Crippen MR) is 90.4 cm³/mol. The summed E-state index contributed by atoms with van der Waals surface area (Å²) in [6.45, 7) is 4.03. The molecule has 0 N–H and O–H groups in total. The van der Waals surface area contributed by atoms with Gasteiger partial charge in [-0.1, -0.05) is 36.4 Å². The summed E-state index contributed by atoms with van der Waals surface area (Å²) in [5.74, 6) is -0.0977. The van der Waals surface area contributed by atoms with Gasteiger partial charge in [-0.25, -0.2) is 4.98 Å². The van der Waals surface area contributed by atoms with E-state index in [9.17, 15) is 4.79 Å². The fraction of sp³-hybridized carbons (Fsp3) is 0.158. The molecule has 0 saturated heterocycles. The number of amides is 1. The van der Waals surface area contributed by atoms with Crippen molar-refractivity contribution in [3.05, 3.63) is 71.4 Å². The molecule has 1 heterocycles. The maximum Gasteiger partial charge on any atom is 0.276 e. The fourth-order valence-corrected chi connectivity index (χ4v) is 2.55. The zero-order valence-corrected chi connectivity index (χ0v) is 13.0. The van der Waals surface area contributed by atoms with Crippen LogP contribution in [0.15, 0.2) is 54.6 Å². The molecule has 0 bridgehead atoms. The van der Waals surface area contributed by atoms with Gasteiger partial charge in [0.1, 0.15) is 5.69 Å². The highest BCUT2D eigenvalue weighted by molar-refractivity contribution is 6.05. The molecule has 3 heteroatoms. The number of aryl methyl sites for hydroxylation is 2. The first-order valence-corrected chi connectivity index (χ1v) is 7.27. The van der Waals surface area contributed by atoms with Crippen molar-refractivity contribution in [2.75, 3.05) is 11.9 Å². The van der Waals surface area contributed by atoms with Crippen molar-refractivity contribution in [3.8, 4) is 0 Å². The Morgan fingerprint density at radius 1 is 1.00 bits per heavy atom. The van der Waals surface area contributed by atoms with Gasteiger partial charge in [0.25, 0.3) is 5.91 Å². The Kier molecular flexibility index (Phi) is 3.63. The molecule has 0 aliphatic carbocycles. The van der Waals surface area contributed by atoms with E-state index in [0.717, 1.165) is 27.7 Å². The first-order valence-electron chi connectivity index (χ1n) is 7.27. The van der Waals surface area contributed by atoms with E-state index in [1.54, 1.807) is 18.0 Å². The molecule has 3 nitrogen and oxygen atoms in total. The molecular weight excluding hydrogens is 272 g/mol. The highest BCUT2D eigenvalue weighted by Crippen LogP contribution is 2.22. The maximum atomic E-state index is 12.7. The Morgan fingerprint density at radius 2 is 1.77 bits per heavy atom. The smallest absolute Gasteiger partial charge is 0.276 e. The first-order chi connectivity index (χ1) is 10.6.